The van der Waals surface area contributed by atoms with Crippen molar-refractivity contribution in [3.63, 3.8) is 0 Å². The number of hydrogen-bond acceptors (Lipinski definition) is 3. The van der Waals surface area contributed by atoms with Crippen molar-refractivity contribution in [1.82, 2.24) is 9.78 Å². The molecular weight excluding hydrogens is 300 g/mol. The molecule has 1 aromatic rings. The van der Waals surface area contributed by atoms with Crippen molar-refractivity contribution in [3.05, 3.63) is 15.9 Å². The highest BCUT2D eigenvalue weighted by molar-refractivity contribution is 9.10. The molecule has 0 N–H and O–H groups in total. The Morgan fingerprint density at radius 3 is 2.88 bits per heavy atom. The van der Waals surface area contributed by atoms with Crippen LogP contribution in [0, 0.1) is 6.92 Å². The third-order valence-corrected chi connectivity index (χ3v) is 5.60. The Morgan fingerprint density at radius 1 is 1.59 bits per heavy atom. The molecule has 1 unspecified atom stereocenters. The van der Waals surface area contributed by atoms with Crippen molar-refractivity contribution < 1.29 is 4.79 Å². The largest absolute Gasteiger partial charge is 0.298 e. The zero-order chi connectivity index (χ0) is 12.4. The number of nitrogens with zero attached hydrogens (tertiary/aromatic N) is 2. The molecule has 1 atom stereocenters. The van der Waals surface area contributed by atoms with Crippen molar-refractivity contribution in [2.24, 2.45) is 7.05 Å². The van der Waals surface area contributed by atoms with Gasteiger partial charge in [0.1, 0.15) is 0 Å². The number of rotatable bonds is 3. The summed E-state index contributed by atoms with van der Waals surface area (Å²) >= 11 is 5.33. The van der Waals surface area contributed by atoms with Crippen LogP contribution in [0.15, 0.2) is 4.47 Å². The van der Waals surface area contributed by atoms with Crippen LogP contribution in [0.3, 0.4) is 0 Å². The molecule has 0 spiro atoms. The van der Waals surface area contributed by atoms with E-state index in [0.717, 1.165) is 28.0 Å². The fourth-order valence-electron chi connectivity index (χ4n) is 2.15. The zero-order valence-corrected chi connectivity index (χ0v) is 12.6. The number of aromatic nitrogens is 2. The molecule has 1 fully saturated rings. The fourth-order valence-corrected chi connectivity index (χ4v) is 3.88. The highest BCUT2D eigenvalue weighted by Gasteiger charge is 2.24. The van der Waals surface area contributed by atoms with Gasteiger partial charge in [-0.05, 0) is 41.4 Å². The van der Waals surface area contributed by atoms with Crippen LogP contribution < -0.4 is 0 Å². The maximum Gasteiger partial charge on any atom is 0.151 e. The molecule has 0 radical (unpaired) electrons. The second kappa shape index (κ2) is 5.57. The van der Waals surface area contributed by atoms with Gasteiger partial charge in [0.15, 0.2) is 5.78 Å². The number of ketones is 1. The van der Waals surface area contributed by atoms with Gasteiger partial charge in [-0.2, -0.15) is 16.9 Å². The topological polar surface area (TPSA) is 34.9 Å². The van der Waals surface area contributed by atoms with Gasteiger partial charge in [-0.25, -0.2) is 0 Å². The summed E-state index contributed by atoms with van der Waals surface area (Å²) in [5.74, 6) is 1.47. The molecule has 1 aliphatic heterocycles. The minimum Gasteiger partial charge on any atom is -0.298 e. The highest BCUT2D eigenvalue weighted by Crippen LogP contribution is 2.28. The molecule has 1 aromatic heterocycles. The van der Waals surface area contributed by atoms with E-state index in [1.807, 2.05) is 30.4 Å². The van der Waals surface area contributed by atoms with Gasteiger partial charge in [-0.3, -0.25) is 9.48 Å². The predicted octanol–water partition coefficient (Wildman–Crippen LogP) is 2.89. The lowest BCUT2D eigenvalue weighted by Gasteiger charge is -2.19. The third-order valence-electron chi connectivity index (χ3n) is 3.14. The molecular formula is C12H17BrN2OS. The first-order valence-electron chi connectivity index (χ1n) is 5.92. The number of carbonyl (C=O) groups excluding carboxylic acids is 1. The van der Waals surface area contributed by atoms with Crippen LogP contribution in [0.4, 0.5) is 0 Å². The Morgan fingerprint density at radius 2 is 2.35 bits per heavy atom. The minimum atomic E-state index is 0.200. The molecule has 1 aliphatic rings. The molecule has 94 valence electrons. The van der Waals surface area contributed by atoms with E-state index >= 15 is 0 Å². The Kier molecular flexibility index (Phi) is 4.31. The van der Waals surface area contributed by atoms with Gasteiger partial charge >= 0.3 is 0 Å². The van der Waals surface area contributed by atoms with E-state index in [0.29, 0.717) is 12.2 Å². The monoisotopic (exact) mass is 316 g/mol. The van der Waals surface area contributed by atoms with Gasteiger partial charge in [0, 0.05) is 7.05 Å². The predicted molar refractivity (Wildman–Crippen MR) is 74.5 cm³/mol. The highest BCUT2D eigenvalue weighted by atomic mass is 79.9. The molecule has 2 heterocycles. The van der Waals surface area contributed by atoms with Crippen molar-refractivity contribution in [2.45, 2.75) is 37.9 Å². The van der Waals surface area contributed by atoms with Crippen LogP contribution in [-0.2, 0) is 18.3 Å². The summed E-state index contributed by atoms with van der Waals surface area (Å²) in [5.41, 5.74) is 1.95. The van der Waals surface area contributed by atoms with E-state index in [4.69, 9.17) is 0 Å². The van der Waals surface area contributed by atoms with Crippen LogP contribution in [0.5, 0.6) is 0 Å². The van der Waals surface area contributed by atoms with Crippen LogP contribution in [-0.4, -0.2) is 26.6 Å². The molecule has 2 rings (SSSR count). The number of thioether (sulfide) groups is 1. The Bertz CT molecular complexity index is 424. The van der Waals surface area contributed by atoms with E-state index in [-0.39, 0.29) is 5.25 Å². The van der Waals surface area contributed by atoms with E-state index in [2.05, 4.69) is 21.0 Å². The second-order valence-electron chi connectivity index (χ2n) is 4.47. The molecule has 3 nitrogen and oxygen atoms in total. The average molecular weight is 317 g/mol. The molecule has 1 saturated heterocycles. The van der Waals surface area contributed by atoms with Crippen LogP contribution in [0.2, 0.25) is 0 Å². The van der Waals surface area contributed by atoms with Crippen LogP contribution in [0.25, 0.3) is 0 Å². The first-order chi connectivity index (χ1) is 8.09. The maximum atomic E-state index is 12.2. The number of carbonyl (C=O) groups is 1. The van der Waals surface area contributed by atoms with Crippen LogP contribution >= 0.6 is 27.7 Å². The quantitative estimate of drug-likeness (QED) is 0.860. The summed E-state index contributed by atoms with van der Waals surface area (Å²) in [6.07, 6.45) is 3.98. The first-order valence-corrected chi connectivity index (χ1v) is 7.76. The summed E-state index contributed by atoms with van der Waals surface area (Å²) in [6, 6.07) is 0. The fraction of sp³-hybridized carbons (Fsp3) is 0.667. The Labute approximate surface area is 114 Å². The van der Waals surface area contributed by atoms with E-state index in [1.54, 1.807) is 0 Å². The Hall–Kier alpha value is -0.290. The number of Topliss-reactive ketones (excluding diaryl/α,β-unsaturated/α-hetero) is 1. The molecule has 0 amide bonds. The van der Waals surface area contributed by atoms with Gasteiger partial charge in [-0.15, -0.1) is 0 Å². The van der Waals surface area contributed by atoms with Crippen molar-refractivity contribution in [3.8, 4) is 0 Å². The molecule has 0 bridgehead atoms. The van der Waals surface area contributed by atoms with Crippen molar-refractivity contribution >= 4 is 33.5 Å². The summed E-state index contributed by atoms with van der Waals surface area (Å²) < 4.78 is 2.79. The van der Waals surface area contributed by atoms with Gasteiger partial charge in [-0.1, -0.05) is 6.42 Å². The lowest BCUT2D eigenvalue weighted by atomic mass is 10.1. The molecule has 0 aliphatic carbocycles. The van der Waals surface area contributed by atoms with E-state index in [9.17, 15) is 4.79 Å². The van der Waals surface area contributed by atoms with Crippen molar-refractivity contribution in [2.75, 3.05) is 5.75 Å². The van der Waals surface area contributed by atoms with E-state index in [1.165, 1.54) is 12.8 Å². The molecule has 0 saturated carbocycles. The minimum absolute atomic E-state index is 0.200. The van der Waals surface area contributed by atoms with E-state index < -0.39 is 0 Å². The Balaban J connectivity index is 2.07. The summed E-state index contributed by atoms with van der Waals surface area (Å²) in [4.78, 5) is 12.2. The maximum absolute atomic E-state index is 12.2. The lowest BCUT2D eigenvalue weighted by Crippen LogP contribution is -2.23. The molecule has 17 heavy (non-hydrogen) atoms. The average Bonchev–Trinajstić information content (AvgIpc) is 2.57. The number of aryl methyl sites for hydroxylation is 2. The number of hydrogen-bond donors (Lipinski definition) is 0. The summed E-state index contributed by atoms with van der Waals surface area (Å²) in [6.45, 7) is 1.95. The van der Waals surface area contributed by atoms with Gasteiger partial charge < -0.3 is 0 Å². The van der Waals surface area contributed by atoms with Crippen molar-refractivity contribution in [1.29, 1.82) is 0 Å². The van der Waals surface area contributed by atoms with Gasteiger partial charge in [0.2, 0.25) is 0 Å². The molecule has 0 aromatic carbocycles. The van der Waals surface area contributed by atoms with Gasteiger partial charge in [0.25, 0.3) is 0 Å². The van der Waals surface area contributed by atoms with Gasteiger partial charge in [0.05, 0.1) is 27.5 Å². The zero-order valence-electron chi connectivity index (χ0n) is 10.2. The standard InChI is InChI=1S/C12H17BrN2OS/c1-8-12(13)9(15(2)14-8)7-10(16)11-5-3-4-6-17-11/h11H,3-7H2,1-2H3. The smallest absolute Gasteiger partial charge is 0.151 e. The lowest BCUT2D eigenvalue weighted by molar-refractivity contribution is -0.118. The second-order valence-corrected chi connectivity index (χ2v) is 6.57. The number of halogens is 1. The third kappa shape index (κ3) is 2.94. The SMILES string of the molecule is Cc1nn(C)c(CC(=O)C2CCCCS2)c1Br. The molecule has 5 heteroatoms. The first kappa shape index (κ1) is 13.1. The normalized spacial score (nSPS) is 20.5. The summed E-state index contributed by atoms with van der Waals surface area (Å²) in [7, 11) is 1.90. The van der Waals surface area contributed by atoms with Crippen LogP contribution in [0.1, 0.15) is 30.7 Å². The summed E-state index contributed by atoms with van der Waals surface area (Å²) in [5, 5.41) is 4.52.